The zero-order chi connectivity index (χ0) is 16.9. The van der Waals surface area contributed by atoms with Gasteiger partial charge in [-0.1, -0.05) is 30.3 Å². The first kappa shape index (κ1) is 15.9. The van der Waals surface area contributed by atoms with E-state index in [1.807, 2.05) is 0 Å². The number of hydroxylamine groups is 3. The highest BCUT2D eigenvalue weighted by Crippen LogP contribution is 2.22. The largest absolute Gasteiger partial charge is 0.367 e. The molecule has 7 nitrogen and oxygen atoms in total. The van der Waals surface area contributed by atoms with Crippen LogP contribution in [0.3, 0.4) is 0 Å². The Bertz CT molecular complexity index is 741. The molecule has 0 aromatic heterocycles. The van der Waals surface area contributed by atoms with E-state index in [0.717, 1.165) is 0 Å². The molecule has 24 heavy (non-hydrogen) atoms. The minimum absolute atomic E-state index is 0.0203. The van der Waals surface area contributed by atoms with Crippen LogP contribution in [-0.2, 0) is 9.68 Å². The summed E-state index contributed by atoms with van der Waals surface area (Å²) in [5, 5.41) is 0.714. The third-order valence-electron chi connectivity index (χ3n) is 3.36. The molecule has 0 bridgehead atoms. The maximum absolute atomic E-state index is 12.0. The molecule has 0 saturated carbocycles. The van der Waals surface area contributed by atoms with E-state index in [0.29, 0.717) is 21.8 Å². The van der Waals surface area contributed by atoms with Gasteiger partial charge in [-0.3, -0.25) is 14.4 Å². The molecule has 1 heterocycles. The minimum Gasteiger partial charge on any atom is -0.367 e. The number of nitrogens with zero attached hydrogens (tertiary/aromatic N) is 1. The highest BCUT2D eigenvalue weighted by molar-refractivity contribution is 6.20. The van der Waals surface area contributed by atoms with Gasteiger partial charge in [-0.2, -0.15) is 5.48 Å². The molecule has 0 radical (unpaired) electrons. The van der Waals surface area contributed by atoms with Crippen molar-refractivity contribution in [1.82, 2.24) is 10.5 Å². The number of fused-ring (bicyclic) bond motifs is 1. The van der Waals surface area contributed by atoms with Crippen molar-refractivity contribution in [2.75, 3.05) is 13.2 Å². The Morgan fingerprint density at radius 2 is 1.50 bits per heavy atom. The first-order chi connectivity index (χ1) is 11.7. The molecular weight excluding hydrogens is 312 g/mol. The molecule has 0 unspecified atom stereocenters. The van der Waals surface area contributed by atoms with Crippen molar-refractivity contribution in [3.05, 3.63) is 71.3 Å². The fraction of sp³-hybridized carbons (Fsp3) is 0.118. The summed E-state index contributed by atoms with van der Waals surface area (Å²) in [5.41, 5.74) is 3.47. The maximum Gasteiger partial charge on any atom is 0.356 e. The molecule has 2 aromatic carbocycles. The van der Waals surface area contributed by atoms with E-state index in [9.17, 15) is 14.4 Å². The number of hydrogen-bond acceptors (Lipinski definition) is 6. The Labute approximate surface area is 137 Å². The van der Waals surface area contributed by atoms with Crippen LogP contribution in [0.2, 0.25) is 0 Å². The van der Waals surface area contributed by atoms with Crippen molar-refractivity contribution in [3.8, 4) is 0 Å². The number of nitrogens with one attached hydrogen (secondary N) is 1. The van der Waals surface area contributed by atoms with Crippen LogP contribution in [0.15, 0.2) is 54.6 Å². The fourth-order valence-electron chi connectivity index (χ4n) is 2.21. The molecule has 0 fully saturated rings. The van der Waals surface area contributed by atoms with Gasteiger partial charge in [-0.25, -0.2) is 4.79 Å². The second-order valence-corrected chi connectivity index (χ2v) is 4.93. The summed E-state index contributed by atoms with van der Waals surface area (Å²) in [6.45, 7) is 0.0967. The van der Waals surface area contributed by atoms with E-state index in [2.05, 4.69) is 5.48 Å². The third-order valence-corrected chi connectivity index (χ3v) is 3.36. The predicted octanol–water partition coefficient (Wildman–Crippen LogP) is 1.58. The van der Waals surface area contributed by atoms with E-state index in [1.54, 1.807) is 54.6 Å². The SMILES string of the molecule is O=C(ONCCON1C(=O)c2ccccc2C1=O)c1ccccc1. The average molecular weight is 326 g/mol. The lowest BCUT2D eigenvalue weighted by Crippen LogP contribution is -2.33. The van der Waals surface area contributed by atoms with E-state index < -0.39 is 17.8 Å². The lowest BCUT2D eigenvalue weighted by Gasteiger charge is -2.13. The first-order valence-corrected chi connectivity index (χ1v) is 7.28. The molecule has 1 aliphatic heterocycles. The summed E-state index contributed by atoms with van der Waals surface area (Å²) in [6.07, 6.45) is 0. The molecule has 0 spiro atoms. The van der Waals surface area contributed by atoms with Gasteiger partial charge >= 0.3 is 5.97 Å². The summed E-state index contributed by atoms with van der Waals surface area (Å²) in [4.78, 5) is 45.8. The van der Waals surface area contributed by atoms with E-state index in [-0.39, 0.29) is 13.2 Å². The third kappa shape index (κ3) is 3.17. The molecule has 122 valence electrons. The predicted molar refractivity (Wildman–Crippen MR) is 82.8 cm³/mol. The summed E-state index contributed by atoms with van der Waals surface area (Å²) >= 11 is 0. The van der Waals surface area contributed by atoms with Crippen molar-refractivity contribution >= 4 is 17.8 Å². The maximum atomic E-state index is 12.0. The summed E-state index contributed by atoms with van der Waals surface area (Å²) in [5.74, 6) is -1.54. The molecule has 1 aliphatic rings. The molecule has 2 aromatic rings. The van der Waals surface area contributed by atoms with Crippen LogP contribution in [0.4, 0.5) is 0 Å². The van der Waals surface area contributed by atoms with Gasteiger partial charge in [-0.05, 0) is 24.3 Å². The number of carbonyl (C=O) groups is 3. The number of carbonyl (C=O) groups excluding carboxylic acids is 3. The van der Waals surface area contributed by atoms with Gasteiger partial charge in [0.25, 0.3) is 11.8 Å². The highest BCUT2D eigenvalue weighted by atomic mass is 16.7. The van der Waals surface area contributed by atoms with Crippen LogP contribution >= 0.6 is 0 Å². The summed E-state index contributed by atoms with van der Waals surface area (Å²) in [6, 6.07) is 15.0. The molecule has 1 N–H and O–H groups in total. The zero-order valence-corrected chi connectivity index (χ0v) is 12.6. The minimum atomic E-state index is -0.531. The van der Waals surface area contributed by atoms with Gasteiger partial charge in [0.05, 0.1) is 29.8 Å². The Hall–Kier alpha value is -3.03. The molecule has 0 atom stereocenters. The van der Waals surface area contributed by atoms with Crippen molar-refractivity contribution in [2.24, 2.45) is 0 Å². The average Bonchev–Trinajstić information content (AvgIpc) is 2.87. The normalized spacial score (nSPS) is 13.1. The quantitative estimate of drug-likeness (QED) is 0.493. The van der Waals surface area contributed by atoms with Crippen molar-refractivity contribution < 1.29 is 24.1 Å². The number of rotatable bonds is 6. The molecule has 0 saturated heterocycles. The molecule has 7 heteroatoms. The van der Waals surface area contributed by atoms with Gasteiger partial charge in [0, 0.05) is 0 Å². The van der Waals surface area contributed by atoms with Gasteiger partial charge in [0.15, 0.2) is 0 Å². The molecular formula is C17H14N2O5. The number of amides is 2. The zero-order valence-electron chi connectivity index (χ0n) is 12.6. The van der Waals surface area contributed by atoms with Crippen LogP contribution in [0, 0.1) is 0 Å². The van der Waals surface area contributed by atoms with Crippen LogP contribution in [0.25, 0.3) is 0 Å². The van der Waals surface area contributed by atoms with Crippen LogP contribution in [0.5, 0.6) is 0 Å². The Morgan fingerprint density at radius 3 is 2.12 bits per heavy atom. The van der Waals surface area contributed by atoms with Gasteiger partial charge in [-0.15, -0.1) is 5.06 Å². The Balaban J connectivity index is 1.44. The second kappa shape index (κ2) is 7.03. The van der Waals surface area contributed by atoms with Gasteiger partial charge in [0.2, 0.25) is 0 Å². The van der Waals surface area contributed by atoms with Crippen molar-refractivity contribution in [1.29, 1.82) is 0 Å². The van der Waals surface area contributed by atoms with Crippen LogP contribution in [-0.4, -0.2) is 36.0 Å². The smallest absolute Gasteiger partial charge is 0.356 e. The van der Waals surface area contributed by atoms with Crippen molar-refractivity contribution in [3.63, 3.8) is 0 Å². The first-order valence-electron chi connectivity index (χ1n) is 7.28. The summed E-state index contributed by atoms with van der Waals surface area (Å²) < 4.78 is 0. The van der Waals surface area contributed by atoms with E-state index >= 15 is 0 Å². The van der Waals surface area contributed by atoms with Crippen LogP contribution in [0.1, 0.15) is 31.1 Å². The number of imide groups is 1. The van der Waals surface area contributed by atoms with Gasteiger partial charge in [0.1, 0.15) is 0 Å². The van der Waals surface area contributed by atoms with Crippen molar-refractivity contribution in [2.45, 2.75) is 0 Å². The lowest BCUT2D eigenvalue weighted by molar-refractivity contribution is -0.0954. The summed E-state index contributed by atoms with van der Waals surface area (Å²) in [7, 11) is 0. The monoisotopic (exact) mass is 326 g/mol. The lowest BCUT2D eigenvalue weighted by atomic mass is 10.1. The van der Waals surface area contributed by atoms with E-state index in [4.69, 9.17) is 9.68 Å². The Kier molecular flexibility index (Phi) is 4.64. The topological polar surface area (TPSA) is 84.9 Å². The Morgan fingerprint density at radius 1 is 0.917 bits per heavy atom. The molecule has 3 rings (SSSR count). The van der Waals surface area contributed by atoms with E-state index in [1.165, 1.54) is 0 Å². The standard InChI is InChI=1S/C17H14N2O5/c20-15-13-8-4-5-9-14(13)16(21)19(15)23-11-10-18-24-17(22)12-6-2-1-3-7-12/h1-9,18H,10-11H2. The van der Waals surface area contributed by atoms with Gasteiger partial charge < -0.3 is 4.84 Å². The highest BCUT2D eigenvalue weighted by Gasteiger charge is 2.36. The molecule has 2 amide bonds. The van der Waals surface area contributed by atoms with Crippen LogP contribution < -0.4 is 5.48 Å². The number of benzene rings is 2. The molecule has 0 aliphatic carbocycles. The second-order valence-electron chi connectivity index (χ2n) is 4.93. The fourth-order valence-corrected chi connectivity index (χ4v) is 2.21. The number of hydrogen-bond donors (Lipinski definition) is 1.